The third kappa shape index (κ3) is 3.29. The molecule has 1 N–H and O–H groups in total. The van der Waals surface area contributed by atoms with Gasteiger partial charge in [-0.1, -0.05) is 84.9 Å². The molecule has 1 saturated heterocycles. The minimum atomic E-state index is -3.46. The van der Waals surface area contributed by atoms with Gasteiger partial charge in [-0.3, -0.25) is 4.79 Å². The van der Waals surface area contributed by atoms with E-state index in [1.807, 2.05) is 60.7 Å². The summed E-state index contributed by atoms with van der Waals surface area (Å²) in [7, 11) is -3.46. The van der Waals surface area contributed by atoms with Crippen LogP contribution >= 0.6 is 7.14 Å². The summed E-state index contributed by atoms with van der Waals surface area (Å²) in [6, 6.07) is 25.9. The Morgan fingerprint density at radius 1 is 0.815 bits per heavy atom. The van der Waals surface area contributed by atoms with Crippen LogP contribution in [0.4, 0.5) is 0 Å². The maximum atomic E-state index is 14.3. The van der Waals surface area contributed by atoms with Crippen LogP contribution in [0.15, 0.2) is 84.9 Å². The lowest BCUT2D eigenvalue weighted by Crippen LogP contribution is -2.24. The van der Waals surface area contributed by atoms with Crippen molar-refractivity contribution in [2.45, 2.75) is 12.3 Å². The molecule has 0 saturated carbocycles. The summed E-state index contributed by atoms with van der Waals surface area (Å²) in [4.78, 5) is 13.8. The molecule has 3 aromatic carbocycles. The van der Waals surface area contributed by atoms with E-state index in [9.17, 15) is 9.36 Å². The van der Waals surface area contributed by atoms with E-state index in [1.165, 1.54) is 0 Å². The van der Waals surface area contributed by atoms with E-state index in [1.54, 1.807) is 24.3 Å². The predicted octanol–water partition coefficient (Wildman–Crippen LogP) is 3.92. The van der Waals surface area contributed by atoms with Gasteiger partial charge in [0.1, 0.15) is 0 Å². The molecule has 0 spiro atoms. The van der Waals surface area contributed by atoms with Crippen molar-refractivity contribution in [3.63, 3.8) is 0 Å². The number of nitrogens with one attached hydrogen (secondary N) is 1. The van der Waals surface area contributed by atoms with Gasteiger partial charge in [0.05, 0.1) is 0 Å². The van der Waals surface area contributed by atoms with E-state index in [0.29, 0.717) is 16.2 Å². The molecule has 1 atom stereocenters. The van der Waals surface area contributed by atoms with E-state index >= 15 is 0 Å². The zero-order chi connectivity index (χ0) is 18.7. The summed E-state index contributed by atoms with van der Waals surface area (Å²) < 4.78 is 14.3. The number of carbonyl (C=O) groups is 1. The highest BCUT2D eigenvalue weighted by Crippen LogP contribution is 2.48. The number of hydrogen-bond acceptors (Lipinski definition) is 3. The van der Waals surface area contributed by atoms with Gasteiger partial charge in [-0.25, -0.2) is 0 Å². The molecule has 0 aromatic heterocycles. The lowest BCUT2D eigenvalue weighted by molar-refractivity contribution is 0.107. The molecule has 1 heterocycles. The molecule has 0 bridgehead atoms. The lowest BCUT2D eigenvalue weighted by Gasteiger charge is -2.21. The molecule has 3 nitrogen and oxygen atoms in total. The molecule has 0 amide bonds. The fraction of sp³-hybridized carbons (Fsp3) is 0.174. The molecule has 3 aromatic rings. The molecule has 4 rings (SSSR count). The average Bonchev–Trinajstić information content (AvgIpc) is 3.29. The Kier molecular flexibility index (Phi) is 5.07. The second-order valence-corrected chi connectivity index (χ2v) is 9.52. The van der Waals surface area contributed by atoms with Crippen molar-refractivity contribution < 1.29 is 9.36 Å². The summed E-state index contributed by atoms with van der Waals surface area (Å²) in [5.74, 6) is 0.283. The average molecular weight is 375 g/mol. The quantitative estimate of drug-likeness (QED) is 0.688. The van der Waals surface area contributed by atoms with Crippen LogP contribution in [0.3, 0.4) is 0 Å². The standard InChI is InChI=1S/C23H22NO2P/c25-23(22-14-8-7-13-21(22)18-15-16-24-17-18)27(26,19-9-3-1-4-10-19)20-11-5-2-6-12-20/h1-14,18,24H,15-17H2. The van der Waals surface area contributed by atoms with Gasteiger partial charge in [-0.15, -0.1) is 0 Å². The summed E-state index contributed by atoms with van der Waals surface area (Å²) in [5.41, 5.74) is 1.31. The first-order chi connectivity index (χ1) is 13.2. The smallest absolute Gasteiger partial charge is 0.230 e. The summed E-state index contributed by atoms with van der Waals surface area (Å²) in [6.07, 6.45) is 0.991. The van der Waals surface area contributed by atoms with E-state index in [4.69, 9.17) is 0 Å². The highest BCUT2D eigenvalue weighted by Gasteiger charge is 2.38. The van der Waals surface area contributed by atoms with Gasteiger partial charge in [0, 0.05) is 22.7 Å². The van der Waals surface area contributed by atoms with Gasteiger partial charge in [-0.05, 0) is 24.4 Å². The molecule has 1 unspecified atom stereocenters. The van der Waals surface area contributed by atoms with Crippen molar-refractivity contribution in [3.8, 4) is 0 Å². The maximum Gasteiger partial charge on any atom is 0.230 e. The second-order valence-electron chi connectivity index (χ2n) is 6.86. The van der Waals surface area contributed by atoms with Crippen LogP contribution in [0, 0.1) is 0 Å². The van der Waals surface area contributed by atoms with Gasteiger partial charge in [-0.2, -0.15) is 0 Å². The Morgan fingerprint density at radius 3 is 1.93 bits per heavy atom. The van der Waals surface area contributed by atoms with Crippen molar-refractivity contribution in [1.29, 1.82) is 0 Å². The van der Waals surface area contributed by atoms with Crippen LogP contribution in [-0.4, -0.2) is 18.6 Å². The summed E-state index contributed by atoms with van der Waals surface area (Å²) in [6.45, 7) is 1.80. The molecular formula is C23H22NO2P. The first-order valence-electron chi connectivity index (χ1n) is 9.27. The van der Waals surface area contributed by atoms with Crippen molar-refractivity contribution in [1.82, 2.24) is 5.32 Å². The predicted molar refractivity (Wildman–Crippen MR) is 111 cm³/mol. The Labute approximate surface area is 159 Å². The Balaban J connectivity index is 1.88. The normalized spacial score (nSPS) is 17.0. The minimum absolute atomic E-state index is 0.276. The molecular weight excluding hydrogens is 353 g/mol. The van der Waals surface area contributed by atoms with E-state index < -0.39 is 7.14 Å². The highest BCUT2D eigenvalue weighted by atomic mass is 31.2. The first-order valence-corrected chi connectivity index (χ1v) is 11.0. The number of carbonyl (C=O) groups excluding carboxylic acids is 1. The van der Waals surface area contributed by atoms with Crippen LogP contribution in [0.5, 0.6) is 0 Å². The topological polar surface area (TPSA) is 46.2 Å². The number of hydrogen-bond donors (Lipinski definition) is 1. The van der Waals surface area contributed by atoms with E-state index in [-0.39, 0.29) is 11.4 Å². The van der Waals surface area contributed by atoms with Gasteiger partial charge in [0.2, 0.25) is 12.7 Å². The Bertz CT molecular complexity index is 936. The fourth-order valence-electron chi connectivity index (χ4n) is 3.80. The molecule has 1 aliphatic rings. The number of benzene rings is 3. The number of rotatable bonds is 5. The van der Waals surface area contributed by atoms with E-state index in [2.05, 4.69) is 5.32 Å². The molecule has 1 fully saturated rings. The first kappa shape index (κ1) is 17.9. The monoisotopic (exact) mass is 375 g/mol. The second kappa shape index (κ2) is 7.64. The van der Waals surface area contributed by atoms with E-state index in [0.717, 1.165) is 25.1 Å². The fourth-order valence-corrected chi connectivity index (χ4v) is 6.29. The van der Waals surface area contributed by atoms with Crippen molar-refractivity contribution in [2.24, 2.45) is 0 Å². The Hall–Kier alpha value is -2.48. The third-order valence-electron chi connectivity index (χ3n) is 5.22. The van der Waals surface area contributed by atoms with Gasteiger partial charge < -0.3 is 9.88 Å². The third-order valence-corrected chi connectivity index (χ3v) is 8.08. The lowest BCUT2D eigenvalue weighted by atomic mass is 9.94. The van der Waals surface area contributed by atoms with Crippen molar-refractivity contribution >= 4 is 23.3 Å². The zero-order valence-electron chi connectivity index (χ0n) is 15.0. The molecule has 1 aliphatic heterocycles. The summed E-state index contributed by atoms with van der Waals surface area (Å²) >= 11 is 0. The van der Waals surface area contributed by atoms with Gasteiger partial charge >= 0.3 is 0 Å². The Morgan fingerprint density at radius 2 is 1.37 bits per heavy atom. The van der Waals surface area contributed by atoms with Crippen LogP contribution in [-0.2, 0) is 4.57 Å². The highest BCUT2D eigenvalue weighted by molar-refractivity contribution is 7.93. The van der Waals surface area contributed by atoms with Crippen LogP contribution in [0.1, 0.15) is 28.3 Å². The van der Waals surface area contributed by atoms with Crippen molar-refractivity contribution in [2.75, 3.05) is 13.1 Å². The molecule has 136 valence electrons. The molecule has 0 radical (unpaired) electrons. The largest absolute Gasteiger partial charge is 0.316 e. The van der Waals surface area contributed by atoms with Crippen molar-refractivity contribution in [3.05, 3.63) is 96.1 Å². The molecule has 27 heavy (non-hydrogen) atoms. The van der Waals surface area contributed by atoms with Gasteiger partial charge in [0.25, 0.3) is 0 Å². The molecule has 0 aliphatic carbocycles. The van der Waals surface area contributed by atoms with Crippen LogP contribution in [0.2, 0.25) is 0 Å². The van der Waals surface area contributed by atoms with Gasteiger partial charge in [0.15, 0.2) is 0 Å². The van der Waals surface area contributed by atoms with Crippen LogP contribution in [0.25, 0.3) is 0 Å². The van der Waals surface area contributed by atoms with Crippen LogP contribution < -0.4 is 15.9 Å². The minimum Gasteiger partial charge on any atom is -0.316 e. The zero-order valence-corrected chi connectivity index (χ0v) is 15.9. The SMILES string of the molecule is O=C(c1ccccc1C1CCNC1)P(=O)(c1ccccc1)c1ccccc1. The molecule has 4 heteroatoms. The maximum absolute atomic E-state index is 14.3. The summed E-state index contributed by atoms with van der Waals surface area (Å²) in [5, 5.41) is 4.53.